The predicted molar refractivity (Wildman–Crippen MR) is 94.6 cm³/mol. The third-order valence-corrected chi connectivity index (χ3v) is 3.74. The summed E-state index contributed by atoms with van der Waals surface area (Å²) < 4.78 is 0. The lowest BCUT2D eigenvalue weighted by atomic mass is 10.0. The minimum absolute atomic E-state index is 0.693. The molecule has 0 heterocycles. The molecule has 0 saturated carbocycles. The summed E-state index contributed by atoms with van der Waals surface area (Å²) >= 11 is 0. The van der Waals surface area contributed by atoms with E-state index in [4.69, 9.17) is 5.73 Å². The van der Waals surface area contributed by atoms with Gasteiger partial charge in [0.25, 0.3) is 0 Å². The molecule has 2 nitrogen and oxygen atoms in total. The van der Waals surface area contributed by atoms with Crippen molar-refractivity contribution < 1.29 is 0 Å². The molecular formula is C20H28N2. The van der Waals surface area contributed by atoms with Crippen molar-refractivity contribution in [3.05, 3.63) is 71.3 Å². The van der Waals surface area contributed by atoms with Gasteiger partial charge in [0.2, 0.25) is 0 Å². The van der Waals surface area contributed by atoms with Gasteiger partial charge in [0, 0.05) is 26.2 Å². The Bertz CT molecular complexity index is 549. The van der Waals surface area contributed by atoms with E-state index < -0.39 is 0 Å². The molecule has 2 aromatic rings. The molecule has 22 heavy (non-hydrogen) atoms. The molecule has 2 rings (SSSR count). The van der Waals surface area contributed by atoms with Crippen molar-refractivity contribution >= 4 is 0 Å². The minimum Gasteiger partial charge on any atom is -0.329 e. The molecule has 0 saturated heterocycles. The fourth-order valence-electron chi connectivity index (χ4n) is 2.82. The van der Waals surface area contributed by atoms with Crippen molar-refractivity contribution in [2.75, 3.05) is 13.1 Å². The first-order chi connectivity index (χ1) is 10.7. The average molecular weight is 296 g/mol. The lowest BCUT2D eigenvalue weighted by Gasteiger charge is -2.22. The summed E-state index contributed by atoms with van der Waals surface area (Å²) in [6.45, 7) is 8.05. The van der Waals surface area contributed by atoms with Gasteiger partial charge in [-0.1, -0.05) is 68.4 Å². The van der Waals surface area contributed by atoms with Crippen LogP contribution in [-0.2, 0) is 19.5 Å². The molecule has 0 unspecified atom stereocenters. The Morgan fingerprint density at radius 1 is 0.864 bits per heavy atom. The monoisotopic (exact) mass is 296 g/mol. The Balaban J connectivity index is 2.04. The molecule has 0 amide bonds. The number of nitrogens with zero attached hydrogens (tertiary/aromatic N) is 1. The molecule has 0 radical (unpaired) electrons. The fraction of sp³-hybridized carbons (Fsp3) is 0.400. The predicted octanol–water partition coefficient (Wildman–Crippen LogP) is 3.85. The van der Waals surface area contributed by atoms with Crippen LogP contribution in [0.1, 0.15) is 30.5 Å². The molecule has 0 aliphatic heterocycles. The summed E-state index contributed by atoms with van der Waals surface area (Å²) in [4.78, 5) is 2.42. The molecule has 2 heteroatoms. The fourth-order valence-corrected chi connectivity index (χ4v) is 2.82. The van der Waals surface area contributed by atoms with E-state index in [1.165, 1.54) is 16.7 Å². The van der Waals surface area contributed by atoms with Crippen LogP contribution in [0, 0.1) is 5.92 Å². The molecular weight excluding hydrogens is 268 g/mol. The molecule has 2 aromatic carbocycles. The highest BCUT2D eigenvalue weighted by molar-refractivity contribution is 5.24. The Hall–Kier alpha value is -1.64. The third kappa shape index (κ3) is 5.63. The van der Waals surface area contributed by atoms with E-state index in [1.807, 2.05) is 0 Å². The average Bonchev–Trinajstić information content (AvgIpc) is 2.48. The smallest absolute Gasteiger partial charge is 0.0237 e. The molecule has 0 fully saturated rings. The zero-order chi connectivity index (χ0) is 15.8. The van der Waals surface area contributed by atoms with Crippen molar-refractivity contribution in [3.63, 3.8) is 0 Å². The van der Waals surface area contributed by atoms with Crippen molar-refractivity contribution in [1.29, 1.82) is 0 Å². The van der Waals surface area contributed by atoms with Gasteiger partial charge in [0.05, 0.1) is 0 Å². The van der Waals surface area contributed by atoms with E-state index in [1.54, 1.807) is 0 Å². The van der Waals surface area contributed by atoms with E-state index in [9.17, 15) is 0 Å². The Morgan fingerprint density at radius 3 is 2.18 bits per heavy atom. The van der Waals surface area contributed by atoms with Gasteiger partial charge < -0.3 is 5.73 Å². The summed E-state index contributed by atoms with van der Waals surface area (Å²) in [7, 11) is 0. The van der Waals surface area contributed by atoms with E-state index in [0.717, 1.165) is 26.1 Å². The van der Waals surface area contributed by atoms with Crippen LogP contribution < -0.4 is 5.73 Å². The maximum Gasteiger partial charge on any atom is 0.0237 e. The van der Waals surface area contributed by atoms with Gasteiger partial charge in [-0.25, -0.2) is 0 Å². The van der Waals surface area contributed by atoms with Crippen molar-refractivity contribution in [1.82, 2.24) is 4.90 Å². The molecule has 0 aliphatic rings. The Morgan fingerprint density at radius 2 is 1.50 bits per heavy atom. The highest BCUT2D eigenvalue weighted by atomic mass is 15.1. The standard InChI is InChI=1S/C20H28N2/c1-17(2)13-19-9-6-10-20(14-19)16-22(12-11-21)15-18-7-4-3-5-8-18/h3-10,14,17H,11-13,15-16,21H2,1-2H3. The lowest BCUT2D eigenvalue weighted by molar-refractivity contribution is 0.264. The zero-order valence-corrected chi connectivity index (χ0v) is 13.8. The third-order valence-electron chi connectivity index (χ3n) is 3.74. The van der Waals surface area contributed by atoms with Crippen molar-refractivity contribution in [2.24, 2.45) is 11.7 Å². The Labute approximate surface area is 135 Å². The molecule has 0 aliphatic carbocycles. The topological polar surface area (TPSA) is 29.3 Å². The number of benzene rings is 2. The number of hydrogen-bond acceptors (Lipinski definition) is 2. The second-order valence-corrected chi connectivity index (χ2v) is 6.40. The summed E-state index contributed by atoms with van der Waals surface area (Å²) in [5.41, 5.74) is 9.94. The van der Waals surface area contributed by atoms with E-state index in [0.29, 0.717) is 12.5 Å². The molecule has 0 bridgehead atoms. The maximum atomic E-state index is 5.79. The summed E-state index contributed by atoms with van der Waals surface area (Å²) in [5.74, 6) is 0.694. The van der Waals surface area contributed by atoms with Crippen LogP contribution in [0.3, 0.4) is 0 Å². The number of nitrogens with two attached hydrogens (primary N) is 1. The van der Waals surface area contributed by atoms with Gasteiger partial charge in [-0.2, -0.15) is 0 Å². The van der Waals surface area contributed by atoms with Crippen LogP contribution in [0.15, 0.2) is 54.6 Å². The highest BCUT2D eigenvalue weighted by Gasteiger charge is 2.07. The lowest BCUT2D eigenvalue weighted by Crippen LogP contribution is -2.28. The first-order valence-electron chi connectivity index (χ1n) is 8.21. The van der Waals surface area contributed by atoms with Crippen LogP contribution in [0.5, 0.6) is 0 Å². The molecule has 118 valence electrons. The van der Waals surface area contributed by atoms with Crippen molar-refractivity contribution in [3.8, 4) is 0 Å². The summed E-state index contributed by atoms with van der Waals surface area (Å²) in [6, 6.07) is 19.6. The van der Waals surface area contributed by atoms with E-state index in [2.05, 4.69) is 73.3 Å². The first-order valence-corrected chi connectivity index (χ1v) is 8.21. The quantitative estimate of drug-likeness (QED) is 0.802. The second-order valence-electron chi connectivity index (χ2n) is 6.40. The molecule has 0 spiro atoms. The highest BCUT2D eigenvalue weighted by Crippen LogP contribution is 2.14. The van der Waals surface area contributed by atoms with E-state index in [-0.39, 0.29) is 0 Å². The second kappa shape index (κ2) is 8.72. The van der Waals surface area contributed by atoms with Crippen LogP contribution in [-0.4, -0.2) is 18.0 Å². The molecule has 0 atom stereocenters. The van der Waals surface area contributed by atoms with Gasteiger partial charge >= 0.3 is 0 Å². The normalized spacial score (nSPS) is 11.3. The summed E-state index contributed by atoms with van der Waals surface area (Å²) in [5, 5.41) is 0. The minimum atomic E-state index is 0.693. The first kappa shape index (κ1) is 16.7. The zero-order valence-electron chi connectivity index (χ0n) is 13.8. The number of hydrogen-bond donors (Lipinski definition) is 1. The van der Waals surface area contributed by atoms with Crippen LogP contribution in [0.4, 0.5) is 0 Å². The van der Waals surface area contributed by atoms with Crippen LogP contribution in [0.2, 0.25) is 0 Å². The SMILES string of the molecule is CC(C)Cc1cccc(CN(CCN)Cc2ccccc2)c1. The van der Waals surface area contributed by atoms with Crippen molar-refractivity contribution in [2.45, 2.75) is 33.4 Å². The van der Waals surface area contributed by atoms with Gasteiger partial charge in [0.1, 0.15) is 0 Å². The van der Waals surface area contributed by atoms with Gasteiger partial charge in [-0.05, 0) is 29.0 Å². The van der Waals surface area contributed by atoms with Crippen LogP contribution in [0.25, 0.3) is 0 Å². The molecule has 2 N–H and O–H groups in total. The van der Waals surface area contributed by atoms with E-state index >= 15 is 0 Å². The largest absolute Gasteiger partial charge is 0.329 e. The number of rotatable bonds is 8. The summed E-state index contributed by atoms with van der Waals surface area (Å²) in [6.07, 6.45) is 1.14. The van der Waals surface area contributed by atoms with Crippen LogP contribution >= 0.6 is 0 Å². The van der Waals surface area contributed by atoms with Gasteiger partial charge in [0.15, 0.2) is 0 Å². The van der Waals surface area contributed by atoms with Gasteiger partial charge in [-0.3, -0.25) is 4.90 Å². The maximum absolute atomic E-state index is 5.79. The molecule has 0 aromatic heterocycles. The Kier molecular flexibility index (Phi) is 6.63. The van der Waals surface area contributed by atoms with Gasteiger partial charge in [-0.15, -0.1) is 0 Å².